The molecule has 0 bridgehead atoms. The van der Waals surface area contributed by atoms with E-state index in [1.54, 1.807) is 6.92 Å². The van der Waals surface area contributed by atoms with Crippen LogP contribution in [0.15, 0.2) is 11.4 Å². The van der Waals surface area contributed by atoms with E-state index >= 15 is 0 Å². The summed E-state index contributed by atoms with van der Waals surface area (Å²) in [5.74, 6) is -0.0546. The third-order valence-electron chi connectivity index (χ3n) is 2.14. The van der Waals surface area contributed by atoms with Crippen LogP contribution < -0.4 is 10.5 Å². The normalized spacial score (nSPS) is 13.9. The standard InChI is InChI=1S/C8H16N4O3S/c1-3-6(13)4-11-16(14,15)8-7(9)10-5-12(8)2/h5-6,11,13H,3-4,9H2,1-2H3. The molecule has 0 aromatic carbocycles. The molecule has 0 saturated heterocycles. The molecule has 1 unspecified atom stereocenters. The van der Waals surface area contributed by atoms with Gasteiger partial charge in [-0.3, -0.25) is 0 Å². The molecule has 1 aromatic rings. The van der Waals surface area contributed by atoms with Crippen molar-refractivity contribution in [2.75, 3.05) is 12.3 Å². The summed E-state index contributed by atoms with van der Waals surface area (Å²) in [6.45, 7) is 1.72. The van der Waals surface area contributed by atoms with E-state index in [0.29, 0.717) is 6.42 Å². The van der Waals surface area contributed by atoms with Crippen LogP contribution in [0.1, 0.15) is 13.3 Å². The molecule has 8 heteroatoms. The van der Waals surface area contributed by atoms with Gasteiger partial charge < -0.3 is 15.4 Å². The van der Waals surface area contributed by atoms with Gasteiger partial charge in [0.15, 0.2) is 10.8 Å². The Morgan fingerprint density at radius 1 is 1.69 bits per heavy atom. The molecule has 0 aliphatic rings. The first-order valence-corrected chi connectivity index (χ1v) is 6.31. The summed E-state index contributed by atoms with van der Waals surface area (Å²) in [7, 11) is -2.18. The van der Waals surface area contributed by atoms with Crippen LogP contribution in [0.3, 0.4) is 0 Å². The summed E-state index contributed by atoms with van der Waals surface area (Å²) in [5, 5.41) is 9.19. The minimum absolute atomic E-state index is 0.0382. The lowest BCUT2D eigenvalue weighted by Gasteiger charge is -2.10. The average molecular weight is 248 g/mol. The summed E-state index contributed by atoms with van der Waals surface area (Å²) < 4.78 is 27.2. The van der Waals surface area contributed by atoms with Gasteiger partial charge in [0.2, 0.25) is 0 Å². The molecule has 1 rings (SSSR count). The van der Waals surface area contributed by atoms with Crippen molar-refractivity contribution in [2.24, 2.45) is 7.05 Å². The lowest BCUT2D eigenvalue weighted by molar-refractivity contribution is 0.174. The number of rotatable bonds is 5. The zero-order valence-electron chi connectivity index (χ0n) is 9.21. The number of nitrogens with two attached hydrogens (primary N) is 1. The van der Waals surface area contributed by atoms with Crippen LogP contribution in [0.5, 0.6) is 0 Å². The van der Waals surface area contributed by atoms with E-state index < -0.39 is 16.1 Å². The molecule has 1 atom stereocenters. The number of nitrogens with one attached hydrogen (secondary N) is 1. The van der Waals surface area contributed by atoms with E-state index in [2.05, 4.69) is 9.71 Å². The van der Waals surface area contributed by atoms with Crippen LogP contribution >= 0.6 is 0 Å². The number of nitrogens with zero attached hydrogens (tertiary/aromatic N) is 2. The third kappa shape index (κ3) is 2.71. The van der Waals surface area contributed by atoms with Crippen molar-refractivity contribution in [3.8, 4) is 0 Å². The smallest absolute Gasteiger partial charge is 0.260 e. The fourth-order valence-electron chi connectivity index (χ4n) is 1.18. The second kappa shape index (κ2) is 4.81. The Balaban J connectivity index is 2.87. The molecule has 16 heavy (non-hydrogen) atoms. The highest BCUT2D eigenvalue weighted by Gasteiger charge is 2.22. The minimum atomic E-state index is -3.72. The maximum atomic E-state index is 11.8. The highest BCUT2D eigenvalue weighted by atomic mass is 32.2. The predicted octanol–water partition coefficient (Wildman–Crippen LogP) is -0.948. The van der Waals surface area contributed by atoms with Crippen molar-refractivity contribution < 1.29 is 13.5 Å². The number of imidazole rings is 1. The van der Waals surface area contributed by atoms with Gasteiger partial charge in [-0.2, -0.15) is 0 Å². The summed E-state index contributed by atoms with van der Waals surface area (Å²) in [4.78, 5) is 3.69. The molecule has 0 aliphatic heterocycles. The molecule has 0 aliphatic carbocycles. The number of hydrogen-bond donors (Lipinski definition) is 3. The maximum Gasteiger partial charge on any atom is 0.260 e. The number of anilines is 1. The highest BCUT2D eigenvalue weighted by molar-refractivity contribution is 7.89. The van der Waals surface area contributed by atoms with Gasteiger partial charge in [0.1, 0.15) is 0 Å². The second-order valence-corrected chi connectivity index (χ2v) is 5.14. The zero-order chi connectivity index (χ0) is 12.3. The fourth-order valence-corrected chi connectivity index (χ4v) is 2.49. The minimum Gasteiger partial charge on any atom is -0.392 e. The summed E-state index contributed by atoms with van der Waals surface area (Å²) in [6, 6.07) is 0. The van der Waals surface area contributed by atoms with Crippen molar-refractivity contribution in [1.29, 1.82) is 0 Å². The number of nitrogen functional groups attached to an aromatic ring is 1. The van der Waals surface area contributed by atoms with E-state index in [1.165, 1.54) is 17.9 Å². The molecule has 0 spiro atoms. The van der Waals surface area contributed by atoms with Gasteiger partial charge in [-0.1, -0.05) is 6.92 Å². The highest BCUT2D eigenvalue weighted by Crippen LogP contribution is 2.14. The van der Waals surface area contributed by atoms with Gasteiger partial charge in [-0.05, 0) is 6.42 Å². The fraction of sp³-hybridized carbons (Fsp3) is 0.625. The Bertz CT molecular complexity index is 434. The van der Waals surface area contributed by atoms with Crippen LogP contribution in [0.25, 0.3) is 0 Å². The molecular weight excluding hydrogens is 232 g/mol. The van der Waals surface area contributed by atoms with Crippen molar-refractivity contribution in [1.82, 2.24) is 14.3 Å². The lowest BCUT2D eigenvalue weighted by Crippen LogP contribution is -2.33. The molecule has 7 nitrogen and oxygen atoms in total. The zero-order valence-corrected chi connectivity index (χ0v) is 10.0. The SMILES string of the molecule is CCC(O)CNS(=O)(=O)c1c(N)ncn1C. The molecule has 0 saturated carbocycles. The Kier molecular flexibility index (Phi) is 3.89. The van der Waals surface area contributed by atoms with Crippen molar-refractivity contribution >= 4 is 15.8 Å². The third-order valence-corrected chi connectivity index (χ3v) is 3.70. The summed E-state index contributed by atoms with van der Waals surface area (Å²) >= 11 is 0. The maximum absolute atomic E-state index is 11.8. The number of aromatic nitrogens is 2. The first kappa shape index (κ1) is 12.9. The van der Waals surface area contributed by atoms with Gasteiger partial charge in [-0.25, -0.2) is 18.1 Å². The van der Waals surface area contributed by atoms with Crippen molar-refractivity contribution in [3.63, 3.8) is 0 Å². The number of aliphatic hydroxyl groups excluding tert-OH is 1. The van der Waals surface area contributed by atoms with E-state index in [-0.39, 0.29) is 17.4 Å². The number of hydrogen-bond acceptors (Lipinski definition) is 5. The van der Waals surface area contributed by atoms with Gasteiger partial charge >= 0.3 is 0 Å². The van der Waals surface area contributed by atoms with Crippen LogP contribution in [0.4, 0.5) is 5.82 Å². The summed E-state index contributed by atoms with van der Waals surface area (Å²) in [6.07, 6.45) is 1.09. The van der Waals surface area contributed by atoms with Crippen molar-refractivity contribution in [2.45, 2.75) is 24.5 Å². The van der Waals surface area contributed by atoms with E-state index in [0.717, 1.165) is 0 Å². The van der Waals surface area contributed by atoms with Gasteiger partial charge in [-0.15, -0.1) is 0 Å². The van der Waals surface area contributed by atoms with Crippen molar-refractivity contribution in [3.05, 3.63) is 6.33 Å². The van der Waals surface area contributed by atoms with E-state index in [9.17, 15) is 13.5 Å². The molecule has 1 heterocycles. The van der Waals surface area contributed by atoms with Crippen LogP contribution in [-0.2, 0) is 17.1 Å². The van der Waals surface area contributed by atoms with Crippen LogP contribution in [0.2, 0.25) is 0 Å². The Morgan fingerprint density at radius 3 is 2.75 bits per heavy atom. The van der Waals surface area contributed by atoms with Gasteiger partial charge in [0.05, 0.1) is 12.4 Å². The number of aryl methyl sites for hydroxylation is 1. The molecule has 4 N–H and O–H groups in total. The first-order chi connectivity index (χ1) is 7.38. The Hall–Kier alpha value is -1.12. The molecule has 0 amide bonds. The average Bonchev–Trinajstić information content (AvgIpc) is 2.55. The van der Waals surface area contributed by atoms with Crippen LogP contribution in [-0.4, -0.2) is 35.7 Å². The molecule has 0 fully saturated rings. The van der Waals surface area contributed by atoms with Crippen LogP contribution in [0, 0.1) is 0 Å². The lowest BCUT2D eigenvalue weighted by atomic mass is 10.3. The second-order valence-electron chi connectivity index (χ2n) is 3.46. The molecule has 1 aromatic heterocycles. The Morgan fingerprint density at radius 2 is 2.31 bits per heavy atom. The van der Waals surface area contributed by atoms with Gasteiger partial charge in [0.25, 0.3) is 10.0 Å². The number of aliphatic hydroxyl groups is 1. The molecule has 92 valence electrons. The first-order valence-electron chi connectivity index (χ1n) is 4.83. The van der Waals surface area contributed by atoms with Gasteiger partial charge in [0, 0.05) is 13.6 Å². The Labute approximate surface area is 94.3 Å². The number of sulfonamides is 1. The molecule has 0 radical (unpaired) electrons. The quantitative estimate of drug-likeness (QED) is 0.622. The largest absolute Gasteiger partial charge is 0.392 e. The monoisotopic (exact) mass is 248 g/mol. The molecular formula is C8H16N4O3S. The predicted molar refractivity (Wildman–Crippen MR) is 59.1 cm³/mol. The topological polar surface area (TPSA) is 110 Å². The summed E-state index contributed by atoms with van der Waals surface area (Å²) in [5.41, 5.74) is 5.45. The van der Waals surface area contributed by atoms with E-state index in [4.69, 9.17) is 5.73 Å². The van der Waals surface area contributed by atoms with E-state index in [1.807, 2.05) is 0 Å².